The van der Waals surface area contributed by atoms with Crippen molar-refractivity contribution in [1.82, 2.24) is 14.8 Å². The summed E-state index contributed by atoms with van der Waals surface area (Å²) in [6.45, 7) is 1.63. The van der Waals surface area contributed by atoms with Crippen LogP contribution in [0.3, 0.4) is 0 Å². The Morgan fingerprint density at radius 3 is 2.88 bits per heavy atom. The lowest BCUT2D eigenvalue weighted by Crippen LogP contribution is -2.27. The quantitative estimate of drug-likeness (QED) is 0.769. The number of nitrogens with one attached hydrogen (secondary N) is 1. The molecule has 0 aliphatic heterocycles. The molecule has 1 aliphatic rings. The molecule has 1 aliphatic carbocycles. The highest BCUT2D eigenvalue weighted by atomic mass is 32.1. The Labute approximate surface area is 152 Å². The number of amides is 1. The van der Waals surface area contributed by atoms with Crippen molar-refractivity contribution < 1.29 is 9.18 Å². The number of nitrogens with zero attached hydrogens (tertiary/aromatic N) is 3. The van der Waals surface area contributed by atoms with Gasteiger partial charge in [0.1, 0.15) is 11.5 Å². The maximum Gasteiger partial charge on any atom is 0.281 e. The molecule has 1 aromatic carbocycles. The molecule has 26 heavy (non-hydrogen) atoms. The number of carbonyl (C=O) groups is 1. The van der Waals surface area contributed by atoms with Crippen LogP contribution in [0.15, 0.2) is 35.1 Å². The van der Waals surface area contributed by atoms with Crippen LogP contribution in [0.1, 0.15) is 33.2 Å². The Hall–Kier alpha value is -2.87. The van der Waals surface area contributed by atoms with Gasteiger partial charge in [0, 0.05) is 16.6 Å². The second-order valence-electron chi connectivity index (χ2n) is 6.06. The third kappa shape index (κ3) is 2.92. The Morgan fingerprint density at radius 2 is 2.12 bits per heavy atom. The van der Waals surface area contributed by atoms with Crippen molar-refractivity contribution in [3.05, 3.63) is 68.3 Å². The summed E-state index contributed by atoms with van der Waals surface area (Å²) in [5, 5.41) is 7.19. The van der Waals surface area contributed by atoms with E-state index in [0.717, 1.165) is 25.0 Å². The van der Waals surface area contributed by atoms with E-state index in [4.69, 9.17) is 0 Å². The topological polar surface area (TPSA) is 76.9 Å². The molecule has 0 atom stereocenters. The first-order chi connectivity index (χ1) is 12.5. The van der Waals surface area contributed by atoms with Gasteiger partial charge >= 0.3 is 0 Å². The van der Waals surface area contributed by atoms with Gasteiger partial charge in [0.2, 0.25) is 5.43 Å². The molecular weight excluding hydrogens is 355 g/mol. The number of thiazole rings is 1. The number of para-hydroxylation sites is 1. The first-order valence-corrected chi connectivity index (χ1v) is 9.00. The first kappa shape index (κ1) is 16.6. The Morgan fingerprint density at radius 1 is 1.31 bits per heavy atom. The van der Waals surface area contributed by atoms with Crippen molar-refractivity contribution in [3.63, 3.8) is 0 Å². The predicted molar refractivity (Wildman–Crippen MR) is 96.6 cm³/mol. The number of fused-ring (bicyclic) bond motifs is 1. The molecule has 1 N–H and O–H groups in total. The number of hydrogen-bond acceptors (Lipinski definition) is 5. The summed E-state index contributed by atoms with van der Waals surface area (Å²) >= 11 is 1.42. The van der Waals surface area contributed by atoms with Gasteiger partial charge in [0.05, 0.1) is 5.69 Å². The summed E-state index contributed by atoms with van der Waals surface area (Å²) in [4.78, 5) is 30.3. The molecular formula is C18H15FN4O2S. The Kier molecular flexibility index (Phi) is 4.12. The van der Waals surface area contributed by atoms with Gasteiger partial charge < -0.3 is 0 Å². The molecule has 0 unspecified atom stereocenters. The molecule has 0 radical (unpaired) electrons. The van der Waals surface area contributed by atoms with Crippen LogP contribution >= 0.6 is 11.3 Å². The van der Waals surface area contributed by atoms with Crippen molar-refractivity contribution in [2.45, 2.75) is 26.2 Å². The van der Waals surface area contributed by atoms with E-state index in [1.807, 2.05) is 0 Å². The average Bonchev–Trinajstić information content (AvgIpc) is 3.17. The Balaban J connectivity index is 1.69. The van der Waals surface area contributed by atoms with Crippen molar-refractivity contribution in [2.24, 2.45) is 0 Å². The van der Waals surface area contributed by atoms with Crippen LogP contribution < -0.4 is 10.7 Å². The lowest BCUT2D eigenvalue weighted by molar-refractivity contribution is 0.101. The van der Waals surface area contributed by atoms with Crippen LogP contribution in [-0.4, -0.2) is 20.7 Å². The first-order valence-electron chi connectivity index (χ1n) is 8.19. The normalized spacial score (nSPS) is 12.8. The van der Waals surface area contributed by atoms with Gasteiger partial charge in [-0.2, -0.15) is 5.10 Å². The number of rotatable bonds is 3. The van der Waals surface area contributed by atoms with Crippen molar-refractivity contribution in [2.75, 3.05) is 5.32 Å². The standard InChI is InChI=1S/C18H15FN4O2S/c1-10-9-14(24)16(22-23(10)13-7-3-2-5-11(13)19)17(25)21-18-20-12-6-4-8-15(12)26-18/h2-3,5,7,9H,4,6,8H2,1H3,(H,20,21,25). The number of benzene rings is 1. The summed E-state index contributed by atoms with van der Waals surface area (Å²) in [5.74, 6) is -1.14. The zero-order valence-electron chi connectivity index (χ0n) is 14.0. The van der Waals surface area contributed by atoms with E-state index in [9.17, 15) is 14.0 Å². The maximum absolute atomic E-state index is 14.1. The van der Waals surface area contributed by atoms with E-state index in [1.54, 1.807) is 19.1 Å². The third-order valence-corrected chi connectivity index (χ3v) is 5.29. The van der Waals surface area contributed by atoms with Gasteiger partial charge in [-0.1, -0.05) is 12.1 Å². The van der Waals surface area contributed by atoms with E-state index < -0.39 is 17.2 Å². The number of aromatic nitrogens is 3. The highest BCUT2D eigenvalue weighted by Gasteiger charge is 2.21. The van der Waals surface area contributed by atoms with Gasteiger partial charge in [0.25, 0.3) is 5.91 Å². The van der Waals surface area contributed by atoms with Gasteiger partial charge in [-0.3, -0.25) is 14.9 Å². The lowest BCUT2D eigenvalue weighted by atomic mass is 10.2. The fraction of sp³-hybridized carbons (Fsp3) is 0.222. The summed E-state index contributed by atoms with van der Waals surface area (Å²) in [7, 11) is 0. The minimum Gasteiger partial charge on any atom is -0.296 e. The number of halogens is 1. The average molecular weight is 370 g/mol. The van der Waals surface area contributed by atoms with Crippen LogP contribution in [0.4, 0.5) is 9.52 Å². The van der Waals surface area contributed by atoms with E-state index >= 15 is 0 Å². The highest BCUT2D eigenvalue weighted by molar-refractivity contribution is 7.15. The highest BCUT2D eigenvalue weighted by Crippen LogP contribution is 2.30. The summed E-state index contributed by atoms with van der Waals surface area (Å²) in [6, 6.07) is 7.33. The smallest absolute Gasteiger partial charge is 0.281 e. The zero-order chi connectivity index (χ0) is 18.3. The molecule has 0 fully saturated rings. The number of aryl methyl sites for hydroxylation is 3. The largest absolute Gasteiger partial charge is 0.296 e. The van der Waals surface area contributed by atoms with Gasteiger partial charge in [-0.05, 0) is 38.3 Å². The molecule has 2 aromatic heterocycles. The van der Waals surface area contributed by atoms with Crippen molar-refractivity contribution in [3.8, 4) is 5.69 Å². The van der Waals surface area contributed by atoms with E-state index in [1.165, 1.54) is 39.1 Å². The van der Waals surface area contributed by atoms with E-state index in [2.05, 4.69) is 15.4 Å². The molecule has 132 valence electrons. The third-order valence-electron chi connectivity index (χ3n) is 4.22. The lowest BCUT2D eigenvalue weighted by Gasteiger charge is -2.11. The summed E-state index contributed by atoms with van der Waals surface area (Å²) in [5.41, 5.74) is 0.800. The maximum atomic E-state index is 14.1. The fourth-order valence-corrected chi connectivity index (χ4v) is 4.02. The minimum atomic E-state index is -0.646. The molecule has 3 aromatic rings. The summed E-state index contributed by atoms with van der Waals surface area (Å²) < 4.78 is 15.3. The van der Waals surface area contributed by atoms with Crippen LogP contribution in [0, 0.1) is 12.7 Å². The monoisotopic (exact) mass is 370 g/mol. The minimum absolute atomic E-state index is 0.173. The van der Waals surface area contributed by atoms with Crippen molar-refractivity contribution in [1.29, 1.82) is 0 Å². The molecule has 0 bridgehead atoms. The SMILES string of the molecule is Cc1cc(=O)c(C(=O)Nc2nc3c(s2)CCC3)nn1-c1ccccc1F. The fourth-order valence-electron chi connectivity index (χ4n) is 2.97. The second-order valence-corrected chi connectivity index (χ2v) is 7.14. The van der Waals surface area contributed by atoms with Gasteiger partial charge in [0.15, 0.2) is 10.8 Å². The van der Waals surface area contributed by atoms with Gasteiger partial charge in [-0.25, -0.2) is 14.1 Å². The van der Waals surface area contributed by atoms with E-state index in [-0.39, 0.29) is 11.4 Å². The zero-order valence-corrected chi connectivity index (χ0v) is 14.8. The second kappa shape index (κ2) is 6.45. The molecule has 2 heterocycles. The number of hydrogen-bond donors (Lipinski definition) is 1. The molecule has 4 rings (SSSR count). The van der Waals surface area contributed by atoms with Crippen LogP contribution in [-0.2, 0) is 12.8 Å². The van der Waals surface area contributed by atoms with Gasteiger partial charge in [-0.15, -0.1) is 11.3 Å². The number of anilines is 1. The van der Waals surface area contributed by atoms with Crippen LogP contribution in [0.5, 0.6) is 0 Å². The molecule has 8 heteroatoms. The van der Waals surface area contributed by atoms with Crippen LogP contribution in [0.25, 0.3) is 5.69 Å². The molecule has 0 spiro atoms. The molecule has 1 amide bonds. The molecule has 6 nitrogen and oxygen atoms in total. The molecule has 0 saturated carbocycles. The predicted octanol–water partition coefficient (Wildman–Crippen LogP) is 2.88. The summed E-state index contributed by atoms with van der Waals surface area (Å²) in [6.07, 6.45) is 2.95. The molecule has 0 saturated heterocycles. The van der Waals surface area contributed by atoms with Crippen LogP contribution in [0.2, 0.25) is 0 Å². The van der Waals surface area contributed by atoms with E-state index in [0.29, 0.717) is 10.8 Å². The van der Waals surface area contributed by atoms with Crippen molar-refractivity contribution >= 4 is 22.4 Å². The Bertz CT molecular complexity index is 1050. The number of carbonyl (C=O) groups excluding carboxylic acids is 1.